The molecule has 1 aromatic heterocycles. The third-order valence-corrected chi connectivity index (χ3v) is 2.50. The van der Waals surface area contributed by atoms with Crippen molar-refractivity contribution in [3.8, 4) is 5.75 Å². The van der Waals surface area contributed by atoms with Crippen LogP contribution in [0, 0.1) is 5.82 Å². The second-order valence-electron chi connectivity index (χ2n) is 3.84. The average Bonchev–Trinajstić information content (AvgIpc) is 2.41. The predicted molar refractivity (Wildman–Crippen MR) is 67.2 cm³/mol. The minimum Gasteiger partial charge on any atom is -0.505 e. The highest BCUT2D eigenvalue weighted by atomic mass is 19.1. The standard InChI is InChI=1S/C13H9FN2O4/c14-7-1-2-10(9(5-7)13(19)20)16-12(18)8-3-4-15-6-11(8)17/h1-6,17H,(H,16,18)(H,19,20). The molecule has 0 aliphatic carbocycles. The molecule has 2 aromatic rings. The Bertz CT molecular complexity index is 688. The Hall–Kier alpha value is -2.96. The van der Waals surface area contributed by atoms with Crippen LogP contribution in [-0.2, 0) is 0 Å². The fourth-order valence-corrected chi connectivity index (χ4v) is 1.57. The van der Waals surface area contributed by atoms with Crippen LogP contribution in [0.1, 0.15) is 20.7 Å². The minimum atomic E-state index is -1.38. The van der Waals surface area contributed by atoms with Gasteiger partial charge in [-0.3, -0.25) is 9.78 Å². The fraction of sp³-hybridized carbons (Fsp3) is 0. The number of aromatic nitrogens is 1. The maximum Gasteiger partial charge on any atom is 0.337 e. The molecule has 0 radical (unpaired) electrons. The molecule has 102 valence electrons. The summed E-state index contributed by atoms with van der Waals surface area (Å²) < 4.78 is 13.0. The van der Waals surface area contributed by atoms with E-state index in [1.54, 1.807) is 0 Å². The lowest BCUT2D eigenvalue weighted by atomic mass is 10.1. The van der Waals surface area contributed by atoms with Crippen molar-refractivity contribution in [3.63, 3.8) is 0 Å². The van der Waals surface area contributed by atoms with E-state index in [0.717, 1.165) is 24.4 Å². The first kappa shape index (κ1) is 13.5. The molecule has 0 aliphatic rings. The molecule has 7 heteroatoms. The van der Waals surface area contributed by atoms with Crippen molar-refractivity contribution in [1.82, 2.24) is 4.98 Å². The Kier molecular flexibility index (Phi) is 3.60. The van der Waals surface area contributed by atoms with Gasteiger partial charge in [-0.15, -0.1) is 0 Å². The van der Waals surface area contributed by atoms with Gasteiger partial charge in [-0.25, -0.2) is 9.18 Å². The summed E-state index contributed by atoms with van der Waals surface area (Å²) in [5, 5.41) is 20.7. The number of pyridine rings is 1. The molecule has 2 rings (SSSR count). The van der Waals surface area contributed by atoms with Crippen LogP contribution >= 0.6 is 0 Å². The molecule has 6 nitrogen and oxygen atoms in total. The van der Waals surface area contributed by atoms with E-state index in [-0.39, 0.29) is 22.6 Å². The zero-order valence-corrected chi connectivity index (χ0v) is 10.0. The van der Waals surface area contributed by atoms with Crippen LogP contribution in [0.5, 0.6) is 5.75 Å². The van der Waals surface area contributed by atoms with Crippen molar-refractivity contribution in [2.24, 2.45) is 0 Å². The summed E-state index contributed by atoms with van der Waals surface area (Å²) in [7, 11) is 0. The number of amides is 1. The minimum absolute atomic E-state index is 0.0688. The lowest BCUT2D eigenvalue weighted by Gasteiger charge is -2.09. The fourth-order valence-electron chi connectivity index (χ4n) is 1.57. The number of hydrogen-bond donors (Lipinski definition) is 3. The van der Waals surface area contributed by atoms with Gasteiger partial charge in [0.25, 0.3) is 5.91 Å². The molecule has 20 heavy (non-hydrogen) atoms. The SMILES string of the molecule is O=C(Nc1ccc(F)cc1C(=O)O)c1ccncc1O. The number of aromatic carboxylic acids is 1. The van der Waals surface area contributed by atoms with Crippen LogP contribution in [0.4, 0.5) is 10.1 Å². The first-order chi connectivity index (χ1) is 9.49. The van der Waals surface area contributed by atoms with Gasteiger partial charge in [-0.1, -0.05) is 0 Å². The second kappa shape index (κ2) is 5.35. The molecule has 1 aromatic carbocycles. The molecule has 1 amide bonds. The number of carbonyl (C=O) groups is 2. The number of anilines is 1. The molecule has 0 unspecified atom stereocenters. The zero-order valence-electron chi connectivity index (χ0n) is 10.0. The van der Waals surface area contributed by atoms with Gasteiger partial charge < -0.3 is 15.5 Å². The van der Waals surface area contributed by atoms with Crippen LogP contribution in [0.3, 0.4) is 0 Å². The summed E-state index contributed by atoms with van der Waals surface area (Å²) in [6.45, 7) is 0. The van der Waals surface area contributed by atoms with Gasteiger partial charge in [0.2, 0.25) is 0 Å². The van der Waals surface area contributed by atoms with E-state index in [0.29, 0.717) is 0 Å². The highest BCUT2D eigenvalue weighted by molar-refractivity contribution is 6.08. The second-order valence-corrected chi connectivity index (χ2v) is 3.84. The molecule has 0 spiro atoms. The first-order valence-electron chi connectivity index (χ1n) is 5.46. The van der Waals surface area contributed by atoms with Gasteiger partial charge in [0.1, 0.15) is 11.6 Å². The van der Waals surface area contributed by atoms with Crippen molar-refractivity contribution in [3.05, 3.63) is 53.6 Å². The van der Waals surface area contributed by atoms with Crippen LogP contribution in [0.15, 0.2) is 36.7 Å². The Labute approximate surface area is 112 Å². The van der Waals surface area contributed by atoms with E-state index in [1.807, 2.05) is 0 Å². The normalized spacial score (nSPS) is 10.1. The van der Waals surface area contributed by atoms with Crippen molar-refractivity contribution in [1.29, 1.82) is 0 Å². The number of halogens is 1. The number of nitrogens with one attached hydrogen (secondary N) is 1. The molecular formula is C13H9FN2O4. The summed E-state index contributed by atoms with van der Waals surface area (Å²) in [6.07, 6.45) is 2.38. The topological polar surface area (TPSA) is 99.5 Å². The summed E-state index contributed by atoms with van der Waals surface area (Å²) in [5.74, 6) is -3.17. The number of carboxylic acids is 1. The van der Waals surface area contributed by atoms with Crippen molar-refractivity contribution < 1.29 is 24.2 Å². The van der Waals surface area contributed by atoms with Gasteiger partial charge in [0, 0.05) is 6.20 Å². The summed E-state index contributed by atoms with van der Waals surface area (Å²) in [5.41, 5.74) is -0.521. The lowest BCUT2D eigenvalue weighted by Crippen LogP contribution is -2.15. The third-order valence-electron chi connectivity index (χ3n) is 2.50. The van der Waals surface area contributed by atoms with Crippen molar-refractivity contribution in [2.75, 3.05) is 5.32 Å². The number of rotatable bonds is 3. The molecular weight excluding hydrogens is 267 g/mol. The van der Waals surface area contributed by atoms with Gasteiger partial charge in [0.05, 0.1) is 23.0 Å². The highest BCUT2D eigenvalue weighted by Gasteiger charge is 2.16. The highest BCUT2D eigenvalue weighted by Crippen LogP contribution is 2.20. The summed E-state index contributed by atoms with van der Waals surface area (Å²) in [6, 6.07) is 4.22. The number of nitrogens with zero attached hydrogens (tertiary/aromatic N) is 1. The Balaban J connectivity index is 2.33. The molecule has 0 aliphatic heterocycles. The third kappa shape index (κ3) is 2.72. The molecule has 3 N–H and O–H groups in total. The van der Waals surface area contributed by atoms with Gasteiger partial charge in [-0.2, -0.15) is 0 Å². The van der Waals surface area contributed by atoms with E-state index in [2.05, 4.69) is 10.3 Å². The van der Waals surface area contributed by atoms with Gasteiger partial charge in [0.15, 0.2) is 0 Å². The number of benzene rings is 1. The van der Waals surface area contributed by atoms with Crippen LogP contribution in [-0.4, -0.2) is 27.1 Å². The smallest absolute Gasteiger partial charge is 0.337 e. The van der Waals surface area contributed by atoms with E-state index in [1.165, 1.54) is 12.3 Å². The number of carboxylic acid groups (broad SMARTS) is 1. The Morgan fingerprint density at radius 2 is 1.95 bits per heavy atom. The number of aromatic hydroxyl groups is 1. The molecule has 0 saturated heterocycles. The lowest BCUT2D eigenvalue weighted by molar-refractivity contribution is 0.0697. The first-order valence-corrected chi connectivity index (χ1v) is 5.46. The summed E-state index contributed by atoms with van der Waals surface area (Å²) in [4.78, 5) is 26.5. The van der Waals surface area contributed by atoms with E-state index in [9.17, 15) is 19.1 Å². The molecule has 0 fully saturated rings. The van der Waals surface area contributed by atoms with Gasteiger partial charge in [-0.05, 0) is 24.3 Å². The van der Waals surface area contributed by atoms with E-state index in [4.69, 9.17) is 5.11 Å². The van der Waals surface area contributed by atoms with Crippen LogP contribution in [0.25, 0.3) is 0 Å². The van der Waals surface area contributed by atoms with Crippen LogP contribution < -0.4 is 5.32 Å². The Morgan fingerprint density at radius 1 is 1.20 bits per heavy atom. The van der Waals surface area contributed by atoms with E-state index < -0.39 is 17.7 Å². The zero-order chi connectivity index (χ0) is 14.7. The quantitative estimate of drug-likeness (QED) is 0.794. The Morgan fingerprint density at radius 3 is 2.60 bits per heavy atom. The molecule has 1 heterocycles. The maximum atomic E-state index is 13.0. The van der Waals surface area contributed by atoms with E-state index >= 15 is 0 Å². The van der Waals surface area contributed by atoms with Crippen LogP contribution in [0.2, 0.25) is 0 Å². The van der Waals surface area contributed by atoms with Gasteiger partial charge >= 0.3 is 5.97 Å². The monoisotopic (exact) mass is 276 g/mol. The predicted octanol–water partition coefficient (Wildman–Crippen LogP) is 1.88. The number of carbonyl (C=O) groups excluding carboxylic acids is 1. The molecule has 0 saturated carbocycles. The maximum absolute atomic E-state index is 13.0. The molecule has 0 bridgehead atoms. The molecule has 0 atom stereocenters. The number of hydrogen-bond acceptors (Lipinski definition) is 4. The van der Waals surface area contributed by atoms with Crippen molar-refractivity contribution >= 4 is 17.6 Å². The average molecular weight is 276 g/mol. The van der Waals surface area contributed by atoms with Crippen molar-refractivity contribution in [2.45, 2.75) is 0 Å². The summed E-state index contributed by atoms with van der Waals surface area (Å²) >= 11 is 0. The largest absolute Gasteiger partial charge is 0.505 e.